The van der Waals surface area contributed by atoms with Crippen LogP contribution in [-0.4, -0.2) is 48.0 Å². The van der Waals surface area contributed by atoms with Crippen molar-refractivity contribution < 1.29 is 35.4 Å². The minimum absolute atomic E-state index is 0.129. The zero-order valence-electron chi connectivity index (χ0n) is 10.1. The number of hydrogen-bond donors (Lipinski definition) is 6. The van der Waals surface area contributed by atoms with Crippen LogP contribution in [-0.2, 0) is 4.79 Å². The molecule has 20 heavy (non-hydrogen) atoms. The molecule has 0 atom stereocenters. The van der Waals surface area contributed by atoms with Crippen LogP contribution in [0.2, 0.25) is 0 Å². The van der Waals surface area contributed by atoms with Crippen LogP contribution < -0.4 is 0 Å². The van der Waals surface area contributed by atoms with Crippen LogP contribution in [0.1, 0.15) is 5.56 Å². The van der Waals surface area contributed by atoms with Gasteiger partial charge in [-0.05, 0) is 6.08 Å². The maximum atomic E-state index is 11.3. The van der Waals surface area contributed by atoms with Crippen molar-refractivity contribution in [2.75, 3.05) is 0 Å². The molecule has 0 spiro atoms. The fourth-order valence-electron chi connectivity index (χ4n) is 1.81. The van der Waals surface area contributed by atoms with Crippen LogP contribution >= 0.6 is 0 Å². The molecule has 0 heterocycles. The summed E-state index contributed by atoms with van der Waals surface area (Å²) in [4.78, 5) is 11.3. The van der Waals surface area contributed by atoms with E-state index in [2.05, 4.69) is 0 Å². The van der Waals surface area contributed by atoms with Crippen LogP contribution in [0.5, 0.6) is 0 Å². The Morgan fingerprint density at radius 2 is 1.50 bits per heavy atom. The van der Waals surface area contributed by atoms with E-state index in [1.54, 1.807) is 18.2 Å². The zero-order chi connectivity index (χ0) is 15.1. The number of Topliss-reactive ketones (excluding diaryl/α,β-unsaturated/α-hetero) is 1. The monoisotopic (exact) mass is 280 g/mol. The Balaban J connectivity index is 2.70. The number of hydrogen-bond acceptors (Lipinski definition) is 7. The van der Waals surface area contributed by atoms with E-state index in [0.717, 1.165) is 0 Å². The van der Waals surface area contributed by atoms with E-state index in [0.29, 0.717) is 6.08 Å². The molecule has 1 aliphatic rings. The van der Waals surface area contributed by atoms with Gasteiger partial charge in [-0.25, -0.2) is 0 Å². The molecule has 0 unspecified atom stereocenters. The predicted molar refractivity (Wildman–Crippen MR) is 66.0 cm³/mol. The van der Waals surface area contributed by atoms with Gasteiger partial charge in [-0.1, -0.05) is 30.3 Å². The minimum Gasteiger partial charge on any atom is -0.507 e. The van der Waals surface area contributed by atoms with Gasteiger partial charge in [0.2, 0.25) is 0 Å². The summed E-state index contributed by atoms with van der Waals surface area (Å²) in [7, 11) is 0. The molecule has 2 rings (SSSR count). The Morgan fingerprint density at radius 1 is 0.950 bits per heavy atom. The van der Waals surface area contributed by atoms with Gasteiger partial charge >= 0.3 is 0 Å². The van der Waals surface area contributed by atoms with Crippen molar-refractivity contribution in [3.05, 3.63) is 53.3 Å². The molecule has 0 fully saturated rings. The maximum absolute atomic E-state index is 11.3. The normalized spacial score (nSPS) is 23.2. The van der Waals surface area contributed by atoms with Crippen molar-refractivity contribution in [3.8, 4) is 0 Å². The highest BCUT2D eigenvalue weighted by atomic mass is 16.6. The molecular formula is C13H12O7. The highest BCUT2D eigenvalue weighted by Gasteiger charge is 2.60. The summed E-state index contributed by atoms with van der Waals surface area (Å²) in [5, 5.41) is 57.7. The molecule has 0 saturated carbocycles. The van der Waals surface area contributed by atoms with E-state index in [4.69, 9.17) is 0 Å². The largest absolute Gasteiger partial charge is 0.507 e. The smallest absolute Gasteiger partial charge is 0.292 e. The van der Waals surface area contributed by atoms with Crippen molar-refractivity contribution >= 4 is 11.5 Å². The van der Waals surface area contributed by atoms with Crippen molar-refractivity contribution in [1.82, 2.24) is 0 Å². The van der Waals surface area contributed by atoms with Crippen molar-refractivity contribution in [1.29, 1.82) is 0 Å². The number of benzene rings is 1. The highest BCUT2D eigenvalue weighted by Crippen LogP contribution is 2.37. The lowest BCUT2D eigenvalue weighted by Gasteiger charge is -2.37. The fourth-order valence-corrected chi connectivity index (χ4v) is 1.81. The summed E-state index contributed by atoms with van der Waals surface area (Å²) >= 11 is 0. The summed E-state index contributed by atoms with van der Waals surface area (Å²) in [6, 6.07) is 7.56. The van der Waals surface area contributed by atoms with Crippen LogP contribution in [0.4, 0.5) is 0 Å². The number of rotatable bonds is 1. The molecule has 0 aromatic heterocycles. The highest BCUT2D eigenvalue weighted by molar-refractivity contribution is 6.02. The molecule has 1 aliphatic carbocycles. The topological polar surface area (TPSA) is 138 Å². The maximum Gasteiger partial charge on any atom is 0.292 e. The second-order valence-electron chi connectivity index (χ2n) is 4.33. The minimum atomic E-state index is -3.68. The summed E-state index contributed by atoms with van der Waals surface area (Å²) < 4.78 is 0. The second-order valence-corrected chi connectivity index (χ2v) is 4.33. The number of carbonyl (C=O) groups excluding carboxylic acids is 1. The van der Waals surface area contributed by atoms with E-state index in [-0.39, 0.29) is 5.56 Å². The first-order chi connectivity index (χ1) is 9.19. The van der Waals surface area contributed by atoms with Gasteiger partial charge in [-0.15, -0.1) is 0 Å². The van der Waals surface area contributed by atoms with Crippen LogP contribution in [0.15, 0.2) is 47.7 Å². The number of aliphatic hydroxyl groups excluding tert-OH is 2. The van der Waals surface area contributed by atoms with Crippen LogP contribution in [0, 0.1) is 0 Å². The van der Waals surface area contributed by atoms with Crippen molar-refractivity contribution in [3.63, 3.8) is 0 Å². The Kier molecular flexibility index (Phi) is 3.15. The molecule has 0 aliphatic heterocycles. The molecular weight excluding hydrogens is 268 g/mol. The zero-order valence-corrected chi connectivity index (χ0v) is 10.1. The fraction of sp³-hybridized carbons (Fsp3) is 0.154. The molecule has 7 heteroatoms. The SMILES string of the molecule is O=C1C(O)=CC(=C(O)c2ccccc2)C(O)(O)C1(O)O. The van der Waals surface area contributed by atoms with E-state index >= 15 is 0 Å². The average Bonchev–Trinajstić information content (AvgIpc) is 2.42. The lowest BCUT2D eigenvalue weighted by atomic mass is 9.85. The standard InChI is InChI=1S/C13H12O7/c14-9-6-8(10(15)7-4-2-1-3-5-7)12(17,18)13(19,20)11(9)16/h1-6,14-15,17-20H. The van der Waals surface area contributed by atoms with Crippen molar-refractivity contribution in [2.45, 2.75) is 11.6 Å². The third-order valence-corrected chi connectivity index (χ3v) is 2.99. The predicted octanol–water partition coefficient (Wildman–Crippen LogP) is -0.658. The molecule has 0 radical (unpaired) electrons. The first-order valence-electron chi connectivity index (χ1n) is 5.53. The molecule has 1 aromatic rings. The number of carbonyl (C=O) groups is 1. The molecule has 106 valence electrons. The van der Waals surface area contributed by atoms with Gasteiger partial charge in [0.25, 0.3) is 17.4 Å². The lowest BCUT2D eigenvalue weighted by Crippen LogP contribution is -2.63. The van der Waals surface area contributed by atoms with Gasteiger partial charge in [-0.2, -0.15) is 0 Å². The van der Waals surface area contributed by atoms with Gasteiger partial charge in [-0.3, -0.25) is 4.79 Å². The summed E-state index contributed by atoms with van der Waals surface area (Å²) in [5.41, 5.74) is -0.685. The first-order valence-corrected chi connectivity index (χ1v) is 5.53. The first kappa shape index (κ1) is 14.2. The van der Waals surface area contributed by atoms with Crippen molar-refractivity contribution in [2.24, 2.45) is 0 Å². The van der Waals surface area contributed by atoms with Crippen LogP contribution in [0.25, 0.3) is 5.76 Å². The Labute approximate surface area is 113 Å². The third-order valence-electron chi connectivity index (χ3n) is 2.99. The molecule has 1 aromatic carbocycles. The number of ketones is 1. The summed E-state index contributed by atoms with van der Waals surface area (Å²) in [5.74, 6) is -10.7. The van der Waals surface area contributed by atoms with Crippen LogP contribution in [0.3, 0.4) is 0 Å². The average molecular weight is 280 g/mol. The third kappa shape index (κ3) is 1.89. The quantitative estimate of drug-likeness (QED) is 0.296. The van der Waals surface area contributed by atoms with E-state index < -0.39 is 34.4 Å². The van der Waals surface area contributed by atoms with Gasteiger partial charge < -0.3 is 30.6 Å². The van der Waals surface area contributed by atoms with Gasteiger partial charge in [0, 0.05) is 5.56 Å². The summed E-state index contributed by atoms with van der Waals surface area (Å²) in [6.45, 7) is 0. The van der Waals surface area contributed by atoms with Gasteiger partial charge in [0.1, 0.15) is 5.76 Å². The second kappa shape index (κ2) is 4.43. The van der Waals surface area contributed by atoms with E-state index in [1.165, 1.54) is 12.1 Å². The number of aliphatic hydroxyl groups is 6. The van der Waals surface area contributed by atoms with E-state index in [9.17, 15) is 35.4 Å². The molecule has 0 bridgehead atoms. The Hall–Kier alpha value is -2.19. The molecule has 6 N–H and O–H groups in total. The summed E-state index contributed by atoms with van der Waals surface area (Å²) in [6.07, 6.45) is 0.565. The van der Waals surface area contributed by atoms with E-state index in [1.807, 2.05) is 0 Å². The lowest BCUT2D eigenvalue weighted by molar-refractivity contribution is -0.318. The Bertz CT molecular complexity index is 611. The molecule has 7 nitrogen and oxygen atoms in total. The molecule has 0 saturated heterocycles. The van der Waals surface area contributed by atoms with Gasteiger partial charge in [0.15, 0.2) is 5.76 Å². The Morgan fingerprint density at radius 3 is 2.05 bits per heavy atom. The van der Waals surface area contributed by atoms with Gasteiger partial charge in [0.05, 0.1) is 5.57 Å². The molecule has 0 amide bonds.